The Morgan fingerprint density at radius 1 is 1.14 bits per heavy atom. The van der Waals surface area contributed by atoms with Gasteiger partial charge in [-0.25, -0.2) is 13.1 Å². The zero-order valence-corrected chi connectivity index (χ0v) is 12.8. The standard InChI is InChI=1S/C15H16N2O4S/c1-11(13-4-2-3-7-16-13)17-22(18,19)12-5-6-14-15(10-12)21-9-8-20-14/h2-7,10-11,17H,8-9H2,1H3. The van der Waals surface area contributed by atoms with Crippen molar-refractivity contribution in [1.29, 1.82) is 0 Å². The third-order valence-electron chi connectivity index (χ3n) is 3.29. The Morgan fingerprint density at radius 2 is 1.91 bits per heavy atom. The lowest BCUT2D eigenvalue weighted by atomic mass is 10.2. The first kappa shape index (κ1) is 14.8. The molecule has 0 saturated carbocycles. The molecule has 1 unspecified atom stereocenters. The van der Waals surface area contributed by atoms with Gasteiger partial charge in [0.2, 0.25) is 10.0 Å². The largest absolute Gasteiger partial charge is 0.486 e. The number of nitrogens with zero attached hydrogens (tertiary/aromatic N) is 1. The second-order valence-corrected chi connectivity index (χ2v) is 6.62. The van der Waals surface area contributed by atoms with E-state index in [2.05, 4.69) is 9.71 Å². The number of aromatic nitrogens is 1. The first-order chi connectivity index (χ1) is 10.6. The minimum atomic E-state index is -3.67. The van der Waals surface area contributed by atoms with Crippen LogP contribution >= 0.6 is 0 Å². The fourth-order valence-electron chi connectivity index (χ4n) is 2.18. The van der Waals surface area contributed by atoms with Crippen LogP contribution in [-0.2, 0) is 10.0 Å². The van der Waals surface area contributed by atoms with Crippen molar-refractivity contribution in [3.8, 4) is 11.5 Å². The molecule has 2 aromatic rings. The van der Waals surface area contributed by atoms with Crippen LogP contribution in [0.1, 0.15) is 18.7 Å². The average Bonchev–Trinajstić information content (AvgIpc) is 2.55. The summed E-state index contributed by atoms with van der Waals surface area (Å²) in [5, 5.41) is 0. The molecular formula is C15H16N2O4S. The Labute approximate surface area is 129 Å². The lowest BCUT2D eigenvalue weighted by molar-refractivity contribution is 0.171. The van der Waals surface area contributed by atoms with Crippen LogP contribution in [0.15, 0.2) is 47.5 Å². The molecule has 0 amide bonds. The van der Waals surface area contributed by atoms with E-state index in [9.17, 15) is 8.42 Å². The Morgan fingerprint density at radius 3 is 2.64 bits per heavy atom. The van der Waals surface area contributed by atoms with Gasteiger partial charge in [0.1, 0.15) is 13.2 Å². The third-order valence-corrected chi connectivity index (χ3v) is 4.83. The molecule has 1 aliphatic rings. The van der Waals surface area contributed by atoms with Crippen LogP contribution in [0.3, 0.4) is 0 Å². The van der Waals surface area contributed by atoms with E-state index in [1.165, 1.54) is 12.1 Å². The van der Waals surface area contributed by atoms with Crippen LogP contribution in [0.25, 0.3) is 0 Å². The van der Waals surface area contributed by atoms with E-state index in [4.69, 9.17) is 9.47 Å². The van der Waals surface area contributed by atoms with E-state index in [-0.39, 0.29) is 4.90 Å². The molecular weight excluding hydrogens is 304 g/mol. The summed E-state index contributed by atoms with van der Waals surface area (Å²) in [6, 6.07) is 9.52. The summed E-state index contributed by atoms with van der Waals surface area (Å²) >= 11 is 0. The molecule has 0 fully saturated rings. The molecule has 2 heterocycles. The summed E-state index contributed by atoms with van der Waals surface area (Å²) in [5.74, 6) is 1.00. The first-order valence-electron chi connectivity index (χ1n) is 6.89. The molecule has 0 bridgehead atoms. The number of benzene rings is 1. The van der Waals surface area contributed by atoms with Crippen molar-refractivity contribution in [3.63, 3.8) is 0 Å². The van der Waals surface area contributed by atoms with Gasteiger partial charge in [-0.2, -0.15) is 0 Å². The fraction of sp³-hybridized carbons (Fsp3) is 0.267. The molecule has 7 heteroatoms. The molecule has 1 aromatic heterocycles. The van der Waals surface area contributed by atoms with Crippen molar-refractivity contribution < 1.29 is 17.9 Å². The van der Waals surface area contributed by atoms with Crippen LogP contribution in [0.5, 0.6) is 11.5 Å². The maximum absolute atomic E-state index is 12.5. The predicted molar refractivity (Wildman–Crippen MR) is 80.4 cm³/mol. The number of sulfonamides is 1. The van der Waals surface area contributed by atoms with Gasteiger partial charge < -0.3 is 9.47 Å². The minimum Gasteiger partial charge on any atom is -0.486 e. The molecule has 0 aliphatic carbocycles. The molecule has 1 aliphatic heterocycles. The van der Waals surface area contributed by atoms with Gasteiger partial charge in [-0.15, -0.1) is 0 Å². The molecule has 1 N–H and O–H groups in total. The Bertz CT molecular complexity index is 762. The first-order valence-corrected chi connectivity index (χ1v) is 8.37. The van der Waals surface area contributed by atoms with Gasteiger partial charge in [-0.1, -0.05) is 6.07 Å². The summed E-state index contributed by atoms with van der Waals surface area (Å²) in [7, 11) is -3.67. The number of pyridine rings is 1. The van der Waals surface area contributed by atoms with Crippen molar-refractivity contribution >= 4 is 10.0 Å². The number of hydrogen-bond acceptors (Lipinski definition) is 5. The van der Waals surface area contributed by atoms with Gasteiger partial charge >= 0.3 is 0 Å². The second-order valence-electron chi connectivity index (χ2n) is 4.90. The highest BCUT2D eigenvalue weighted by molar-refractivity contribution is 7.89. The molecule has 1 atom stereocenters. The molecule has 0 radical (unpaired) electrons. The van der Waals surface area contributed by atoms with E-state index in [1.807, 2.05) is 6.07 Å². The second kappa shape index (κ2) is 5.94. The molecule has 0 saturated heterocycles. The summed E-state index contributed by atoms with van der Waals surface area (Å²) in [4.78, 5) is 4.29. The van der Waals surface area contributed by atoms with Crippen molar-refractivity contribution in [2.75, 3.05) is 13.2 Å². The number of rotatable bonds is 4. The highest BCUT2D eigenvalue weighted by atomic mass is 32.2. The zero-order chi connectivity index (χ0) is 15.6. The molecule has 116 valence electrons. The predicted octanol–water partition coefficient (Wildman–Crippen LogP) is 1.89. The van der Waals surface area contributed by atoms with Gasteiger partial charge in [0.15, 0.2) is 11.5 Å². The highest BCUT2D eigenvalue weighted by Crippen LogP contribution is 2.32. The van der Waals surface area contributed by atoms with E-state index >= 15 is 0 Å². The third kappa shape index (κ3) is 3.05. The number of fused-ring (bicyclic) bond motifs is 1. The smallest absolute Gasteiger partial charge is 0.241 e. The van der Waals surface area contributed by atoms with Crippen LogP contribution in [0.2, 0.25) is 0 Å². The molecule has 22 heavy (non-hydrogen) atoms. The van der Waals surface area contributed by atoms with Crippen LogP contribution in [0, 0.1) is 0 Å². The van der Waals surface area contributed by atoms with Crippen LogP contribution < -0.4 is 14.2 Å². The lowest BCUT2D eigenvalue weighted by Gasteiger charge is -2.19. The Kier molecular flexibility index (Phi) is 4.00. The average molecular weight is 320 g/mol. The summed E-state index contributed by atoms with van der Waals surface area (Å²) < 4.78 is 38.4. The number of hydrogen-bond donors (Lipinski definition) is 1. The summed E-state index contributed by atoms with van der Waals surface area (Å²) in [6.45, 7) is 2.63. The summed E-state index contributed by atoms with van der Waals surface area (Å²) in [5.41, 5.74) is 0.656. The van der Waals surface area contributed by atoms with Gasteiger partial charge in [0.05, 0.1) is 16.6 Å². The van der Waals surface area contributed by atoms with Crippen molar-refractivity contribution in [2.24, 2.45) is 0 Å². The van der Waals surface area contributed by atoms with Crippen molar-refractivity contribution in [2.45, 2.75) is 17.9 Å². The van der Waals surface area contributed by atoms with Crippen molar-refractivity contribution in [1.82, 2.24) is 9.71 Å². The molecule has 6 nitrogen and oxygen atoms in total. The lowest BCUT2D eigenvalue weighted by Crippen LogP contribution is -2.27. The van der Waals surface area contributed by atoms with Gasteiger partial charge in [-0.3, -0.25) is 4.98 Å². The van der Waals surface area contributed by atoms with E-state index in [0.29, 0.717) is 30.4 Å². The van der Waals surface area contributed by atoms with Gasteiger partial charge in [-0.05, 0) is 31.2 Å². The van der Waals surface area contributed by atoms with E-state index in [0.717, 1.165) is 0 Å². The van der Waals surface area contributed by atoms with Gasteiger partial charge in [0, 0.05) is 12.3 Å². The fourth-order valence-corrected chi connectivity index (χ4v) is 3.42. The zero-order valence-electron chi connectivity index (χ0n) is 12.0. The molecule has 1 aromatic carbocycles. The monoisotopic (exact) mass is 320 g/mol. The molecule has 3 rings (SSSR count). The summed E-state index contributed by atoms with van der Waals surface area (Å²) in [6.07, 6.45) is 1.63. The van der Waals surface area contributed by atoms with E-state index in [1.54, 1.807) is 31.3 Å². The number of ether oxygens (including phenoxy) is 2. The number of nitrogens with one attached hydrogen (secondary N) is 1. The quantitative estimate of drug-likeness (QED) is 0.931. The van der Waals surface area contributed by atoms with Crippen LogP contribution in [-0.4, -0.2) is 26.6 Å². The Hall–Kier alpha value is -2.12. The van der Waals surface area contributed by atoms with Crippen LogP contribution in [0.4, 0.5) is 0 Å². The van der Waals surface area contributed by atoms with E-state index < -0.39 is 16.1 Å². The highest BCUT2D eigenvalue weighted by Gasteiger charge is 2.22. The molecule has 0 spiro atoms. The maximum Gasteiger partial charge on any atom is 0.241 e. The minimum absolute atomic E-state index is 0.138. The maximum atomic E-state index is 12.5. The SMILES string of the molecule is CC(NS(=O)(=O)c1ccc2c(c1)OCCO2)c1ccccn1. The van der Waals surface area contributed by atoms with Gasteiger partial charge in [0.25, 0.3) is 0 Å². The topological polar surface area (TPSA) is 77.5 Å². The Balaban J connectivity index is 1.84. The normalized spacial score (nSPS) is 15.3. The van der Waals surface area contributed by atoms with Crippen molar-refractivity contribution in [3.05, 3.63) is 48.3 Å².